The Labute approximate surface area is 92.1 Å². The maximum absolute atomic E-state index is 5.39. The highest BCUT2D eigenvalue weighted by Gasteiger charge is 1.95. The summed E-state index contributed by atoms with van der Waals surface area (Å²) in [5.41, 5.74) is 2.49. The standard InChI is InChI=1S/C14H18O/c1-4-6-7-12(3)13-8-10-14(11-9-13)15-5-2/h4,6-11H,5H2,1-3H3/b6-4-,12-7+. The Hall–Kier alpha value is -1.50. The van der Waals surface area contributed by atoms with E-state index in [-0.39, 0.29) is 0 Å². The lowest BCUT2D eigenvalue weighted by molar-refractivity contribution is 0.340. The van der Waals surface area contributed by atoms with Gasteiger partial charge < -0.3 is 4.74 Å². The third-order valence-corrected chi connectivity index (χ3v) is 2.16. The molecule has 80 valence electrons. The molecule has 0 aliphatic carbocycles. The number of hydrogen-bond acceptors (Lipinski definition) is 1. The van der Waals surface area contributed by atoms with Crippen molar-refractivity contribution in [3.8, 4) is 5.75 Å². The highest BCUT2D eigenvalue weighted by Crippen LogP contribution is 2.18. The second-order valence-electron chi connectivity index (χ2n) is 3.33. The molecule has 0 bridgehead atoms. The van der Waals surface area contributed by atoms with Gasteiger partial charge in [0.2, 0.25) is 0 Å². The molecular weight excluding hydrogens is 184 g/mol. The van der Waals surface area contributed by atoms with Gasteiger partial charge in [0, 0.05) is 0 Å². The Kier molecular flexibility index (Phi) is 4.69. The van der Waals surface area contributed by atoms with Crippen LogP contribution in [0.25, 0.3) is 5.57 Å². The number of allylic oxidation sites excluding steroid dienone is 4. The molecule has 0 saturated heterocycles. The minimum absolute atomic E-state index is 0.715. The third-order valence-electron chi connectivity index (χ3n) is 2.16. The SMILES string of the molecule is C/C=C\C=C(/C)c1ccc(OCC)cc1. The number of hydrogen-bond donors (Lipinski definition) is 0. The molecule has 0 amide bonds. The van der Waals surface area contributed by atoms with Gasteiger partial charge in [0.15, 0.2) is 0 Å². The van der Waals surface area contributed by atoms with Gasteiger partial charge in [-0.1, -0.05) is 30.4 Å². The molecule has 0 unspecified atom stereocenters. The summed E-state index contributed by atoms with van der Waals surface area (Å²) < 4.78 is 5.39. The summed E-state index contributed by atoms with van der Waals surface area (Å²) >= 11 is 0. The zero-order valence-corrected chi connectivity index (χ0v) is 9.66. The molecule has 0 spiro atoms. The van der Waals surface area contributed by atoms with Crippen molar-refractivity contribution in [2.75, 3.05) is 6.61 Å². The summed E-state index contributed by atoms with van der Waals surface area (Å²) in [4.78, 5) is 0. The number of ether oxygens (including phenoxy) is 1. The van der Waals surface area contributed by atoms with Gasteiger partial charge in [0.25, 0.3) is 0 Å². The first-order chi connectivity index (χ1) is 7.27. The molecule has 1 aromatic carbocycles. The predicted octanol–water partition coefficient (Wildman–Crippen LogP) is 4.06. The third kappa shape index (κ3) is 3.62. The van der Waals surface area contributed by atoms with Crippen LogP contribution in [-0.4, -0.2) is 6.61 Å². The molecule has 0 atom stereocenters. The second kappa shape index (κ2) is 6.07. The van der Waals surface area contributed by atoms with Crippen LogP contribution in [0.1, 0.15) is 26.3 Å². The zero-order valence-electron chi connectivity index (χ0n) is 9.66. The molecule has 0 fully saturated rings. The van der Waals surface area contributed by atoms with Crippen molar-refractivity contribution in [2.45, 2.75) is 20.8 Å². The lowest BCUT2D eigenvalue weighted by Gasteiger charge is -2.04. The molecule has 0 radical (unpaired) electrons. The molecule has 0 heterocycles. The molecular formula is C14H18O. The first-order valence-corrected chi connectivity index (χ1v) is 5.30. The smallest absolute Gasteiger partial charge is 0.119 e. The van der Waals surface area contributed by atoms with E-state index in [0.717, 1.165) is 5.75 Å². The normalized spacial score (nSPS) is 12.1. The van der Waals surface area contributed by atoms with E-state index >= 15 is 0 Å². The van der Waals surface area contributed by atoms with Gasteiger partial charge in [0.1, 0.15) is 5.75 Å². The predicted molar refractivity (Wildman–Crippen MR) is 66.1 cm³/mol. The van der Waals surface area contributed by atoms with Crippen LogP contribution in [0.5, 0.6) is 5.75 Å². The summed E-state index contributed by atoms with van der Waals surface area (Å²) in [6.45, 7) is 6.83. The van der Waals surface area contributed by atoms with Crippen LogP contribution in [0.4, 0.5) is 0 Å². The average molecular weight is 202 g/mol. The van der Waals surface area contributed by atoms with E-state index in [4.69, 9.17) is 4.74 Å². The number of rotatable bonds is 4. The Morgan fingerprint density at radius 2 is 1.93 bits per heavy atom. The van der Waals surface area contributed by atoms with Gasteiger partial charge in [-0.05, 0) is 44.0 Å². The Morgan fingerprint density at radius 1 is 1.27 bits per heavy atom. The van der Waals surface area contributed by atoms with Crippen molar-refractivity contribution < 1.29 is 4.74 Å². The van der Waals surface area contributed by atoms with Gasteiger partial charge in [-0.2, -0.15) is 0 Å². The minimum atomic E-state index is 0.715. The topological polar surface area (TPSA) is 9.23 Å². The van der Waals surface area contributed by atoms with E-state index in [1.807, 2.05) is 38.1 Å². The van der Waals surface area contributed by atoms with Crippen molar-refractivity contribution >= 4 is 5.57 Å². The lowest BCUT2D eigenvalue weighted by atomic mass is 10.1. The van der Waals surface area contributed by atoms with Crippen molar-refractivity contribution in [3.63, 3.8) is 0 Å². The minimum Gasteiger partial charge on any atom is -0.494 e. The van der Waals surface area contributed by atoms with E-state index in [1.54, 1.807) is 0 Å². The summed E-state index contributed by atoms with van der Waals surface area (Å²) in [6.07, 6.45) is 6.18. The highest BCUT2D eigenvalue weighted by molar-refractivity contribution is 5.65. The van der Waals surface area contributed by atoms with E-state index in [0.29, 0.717) is 6.61 Å². The molecule has 1 heteroatoms. The summed E-state index contributed by atoms with van der Waals surface area (Å²) in [5.74, 6) is 0.931. The molecule has 1 rings (SSSR count). The molecule has 0 saturated carbocycles. The lowest BCUT2D eigenvalue weighted by Crippen LogP contribution is -1.90. The van der Waals surface area contributed by atoms with Crippen LogP contribution in [0.15, 0.2) is 42.5 Å². The first-order valence-electron chi connectivity index (χ1n) is 5.30. The zero-order chi connectivity index (χ0) is 11.1. The molecule has 1 aromatic rings. The van der Waals surface area contributed by atoms with E-state index in [2.05, 4.69) is 25.1 Å². The quantitative estimate of drug-likeness (QED) is 0.669. The van der Waals surface area contributed by atoms with E-state index in [1.165, 1.54) is 11.1 Å². The van der Waals surface area contributed by atoms with Gasteiger partial charge in [0.05, 0.1) is 6.61 Å². The van der Waals surface area contributed by atoms with Crippen LogP contribution in [0.3, 0.4) is 0 Å². The largest absolute Gasteiger partial charge is 0.494 e. The van der Waals surface area contributed by atoms with Crippen LogP contribution >= 0.6 is 0 Å². The maximum Gasteiger partial charge on any atom is 0.119 e. The fraction of sp³-hybridized carbons (Fsp3) is 0.286. The van der Waals surface area contributed by atoms with Crippen molar-refractivity contribution in [1.82, 2.24) is 0 Å². The second-order valence-corrected chi connectivity index (χ2v) is 3.33. The summed E-state index contributed by atoms with van der Waals surface area (Å²) in [5, 5.41) is 0. The molecule has 15 heavy (non-hydrogen) atoms. The molecule has 0 aromatic heterocycles. The van der Waals surface area contributed by atoms with Crippen molar-refractivity contribution in [2.24, 2.45) is 0 Å². The fourth-order valence-corrected chi connectivity index (χ4v) is 1.32. The summed E-state index contributed by atoms with van der Waals surface area (Å²) in [6, 6.07) is 8.18. The highest BCUT2D eigenvalue weighted by atomic mass is 16.5. The van der Waals surface area contributed by atoms with Gasteiger partial charge >= 0.3 is 0 Å². The van der Waals surface area contributed by atoms with E-state index in [9.17, 15) is 0 Å². The molecule has 0 aliphatic heterocycles. The monoisotopic (exact) mass is 202 g/mol. The van der Waals surface area contributed by atoms with Crippen molar-refractivity contribution in [1.29, 1.82) is 0 Å². The van der Waals surface area contributed by atoms with Gasteiger partial charge in [-0.15, -0.1) is 0 Å². The van der Waals surface area contributed by atoms with Crippen LogP contribution in [-0.2, 0) is 0 Å². The molecule has 1 nitrogen and oxygen atoms in total. The van der Waals surface area contributed by atoms with Gasteiger partial charge in [-0.25, -0.2) is 0 Å². The maximum atomic E-state index is 5.39. The Bertz CT molecular complexity index is 344. The van der Waals surface area contributed by atoms with E-state index < -0.39 is 0 Å². The first kappa shape index (κ1) is 11.6. The Balaban J connectivity index is 2.79. The van der Waals surface area contributed by atoms with Crippen molar-refractivity contribution in [3.05, 3.63) is 48.1 Å². The van der Waals surface area contributed by atoms with Crippen LogP contribution in [0.2, 0.25) is 0 Å². The average Bonchev–Trinajstić information content (AvgIpc) is 2.27. The molecule has 0 aliphatic rings. The Morgan fingerprint density at radius 3 is 2.47 bits per heavy atom. The van der Waals surface area contributed by atoms with Gasteiger partial charge in [-0.3, -0.25) is 0 Å². The van der Waals surface area contributed by atoms with Crippen LogP contribution < -0.4 is 4.74 Å². The fourth-order valence-electron chi connectivity index (χ4n) is 1.32. The number of benzene rings is 1. The van der Waals surface area contributed by atoms with Crippen LogP contribution in [0, 0.1) is 0 Å². The summed E-state index contributed by atoms with van der Waals surface area (Å²) in [7, 11) is 0. The molecule has 0 N–H and O–H groups in total.